The van der Waals surface area contributed by atoms with Gasteiger partial charge in [0.15, 0.2) is 34.9 Å². The van der Waals surface area contributed by atoms with Crippen molar-refractivity contribution in [3.63, 3.8) is 0 Å². The number of rotatable bonds is 25. The fraction of sp³-hybridized carbons (Fsp3) is 0.318. The molecule has 0 aliphatic carbocycles. The van der Waals surface area contributed by atoms with E-state index >= 15 is 0 Å². The Bertz CT molecular complexity index is 2370. The van der Waals surface area contributed by atoms with Gasteiger partial charge in [0.1, 0.15) is 5.54 Å². The zero-order valence-electron chi connectivity index (χ0n) is 36.0. The zero-order chi connectivity index (χ0) is 52.2. The Morgan fingerprint density at radius 2 is 0.761 bits per heavy atom. The molecule has 0 saturated heterocycles. The first-order chi connectivity index (χ1) is 33.6. The summed E-state index contributed by atoms with van der Waals surface area (Å²) in [6.45, 7) is -5.85. The van der Waals surface area contributed by atoms with Crippen LogP contribution in [0.25, 0.3) is 0 Å². The molecule has 0 unspecified atom stereocenters. The molecule has 1 heterocycles. The van der Waals surface area contributed by atoms with Crippen molar-refractivity contribution < 1.29 is 115 Å². The van der Waals surface area contributed by atoms with Gasteiger partial charge in [-0.25, -0.2) is 26.3 Å². The summed E-state index contributed by atoms with van der Waals surface area (Å²) < 4.78 is 202. The van der Waals surface area contributed by atoms with Crippen molar-refractivity contribution in [2.45, 2.75) is 31.2 Å². The SMILES string of the molecule is O=C(CCOCCN1C(=O)c2ccccc2C1=O)NC(COCCC(=O)Oc1c(F)c(F)cc(F)c1F)(COCCC(=O)Oc1c(F)c(F)cc(F)c1F)COCCC(=O)Oc1c(F)c(F)cc(F)c1F. The number of ether oxygens (including phenoxy) is 7. The molecule has 0 bridgehead atoms. The Morgan fingerprint density at radius 3 is 1.08 bits per heavy atom. The van der Waals surface area contributed by atoms with E-state index < -0.39 is 200 Å². The van der Waals surface area contributed by atoms with Crippen LogP contribution in [0.5, 0.6) is 17.2 Å². The van der Waals surface area contributed by atoms with Gasteiger partial charge in [0.25, 0.3) is 11.8 Å². The second kappa shape index (κ2) is 24.6. The number of halogens is 12. The number of esters is 3. The summed E-state index contributed by atoms with van der Waals surface area (Å²) in [6, 6.07) is 5.52. The van der Waals surface area contributed by atoms with Gasteiger partial charge in [-0.2, -0.15) is 26.3 Å². The number of benzene rings is 4. The number of fused-ring (bicyclic) bond motifs is 1. The van der Waals surface area contributed by atoms with Gasteiger partial charge in [-0.05, 0) is 12.1 Å². The molecule has 4 aromatic carbocycles. The summed E-state index contributed by atoms with van der Waals surface area (Å²) in [5, 5.41) is 2.45. The summed E-state index contributed by atoms with van der Waals surface area (Å²) in [7, 11) is 0. The number of hydrogen-bond acceptors (Lipinski definition) is 13. The number of carbonyl (C=O) groups excluding carboxylic acids is 6. The summed E-state index contributed by atoms with van der Waals surface area (Å²) in [5.74, 6) is -35.8. The minimum Gasteiger partial charge on any atom is -0.420 e. The number of nitrogens with zero attached hydrogens (tertiary/aromatic N) is 1. The standard InChI is InChI=1S/C44H34F12N2O13/c45-23-15-24(46)34(52)39(33(23)51)69-30(60)6-11-66-18-44(19-67-12-7-31(61)70-40-35(53)25(47)16-26(48)36(40)54,20-68-13-8-32(62)71-41-37(55)27(49)17-28(50)38(41)56)57-29(59)5-10-65-14-9-58-42(63)21-3-1-2-4-22(21)43(58)64/h1-4,15-17H,5-14,18-20H2,(H,57,59). The maximum Gasteiger partial charge on any atom is 0.313 e. The lowest BCUT2D eigenvalue weighted by Gasteiger charge is -2.34. The van der Waals surface area contributed by atoms with E-state index in [9.17, 15) is 81.5 Å². The molecule has 0 atom stereocenters. The van der Waals surface area contributed by atoms with Gasteiger partial charge in [-0.1, -0.05) is 12.1 Å². The molecule has 0 radical (unpaired) electrons. The van der Waals surface area contributed by atoms with Gasteiger partial charge in [0.05, 0.1) is 89.8 Å². The van der Waals surface area contributed by atoms with Crippen LogP contribution in [0.1, 0.15) is 46.4 Å². The average molecular weight is 1030 g/mol. The van der Waals surface area contributed by atoms with Crippen LogP contribution in [0.4, 0.5) is 52.7 Å². The molecule has 382 valence electrons. The van der Waals surface area contributed by atoms with Crippen LogP contribution in [-0.4, -0.2) is 105 Å². The number of carbonyl (C=O) groups is 6. The molecular weight excluding hydrogens is 992 g/mol. The smallest absolute Gasteiger partial charge is 0.313 e. The fourth-order valence-electron chi connectivity index (χ4n) is 6.14. The van der Waals surface area contributed by atoms with Gasteiger partial charge >= 0.3 is 17.9 Å². The van der Waals surface area contributed by atoms with Gasteiger partial charge in [0, 0.05) is 24.6 Å². The van der Waals surface area contributed by atoms with Crippen molar-refractivity contribution in [2.75, 3.05) is 59.4 Å². The molecule has 0 aromatic heterocycles. The molecule has 1 aliphatic rings. The molecule has 4 aromatic rings. The molecule has 0 spiro atoms. The highest BCUT2D eigenvalue weighted by Crippen LogP contribution is 2.30. The highest BCUT2D eigenvalue weighted by atomic mass is 19.2. The van der Waals surface area contributed by atoms with E-state index in [2.05, 4.69) is 19.5 Å². The van der Waals surface area contributed by atoms with Crippen molar-refractivity contribution in [3.05, 3.63) is 123 Å². The molecule has 0 saturated carbocycles. The van der Waals surface area contributed by atoms with Gasteiger partial charge in [0.2, 0.25) is 58.1 Å². The monoisotopic (exact) mass is 1030 g/mol. The predicted octanol–water partition coefficient (Wildman–Crippen LogP) is 6.25. The minimum absolute atomic E-state index is 0.157. The molecule has 3 amide bonds. The minimum atomic E-state index is -2.08. The second-order valence-electron chi connectivity index (χ2n) is 14.7. The third-order valence-corrected chi connectivity index (χ3v) is 9.56. The lowest BCUT2D eigenvalue weighted by molar-refractivity contribution is -0.138. The van der Waals surface area contributed by atoms with Crippen LogP contribution >= 0.6 is 0 Å². The lowest BCUT2D eigenvalue weighted by atomic mass is 10.0. The van der Waals surface area contributed by atoms with E-state index in [0.29, 0.717) is 0 Å². The Balaban J connectivity index is 1.28. The fourth-order valence-corrected chi connectivity index (χ4v) is 6.14. The third kappa shape index (κ3) is 14.0. The highest BCUT2D eigenvalue weighted by Gasteiger charge is 2.36. The Kier molecular flexibility index (Phi) is 19.0. The van der Waals surface area contributed by atoms with Gasteiger partial charge in [-0.15, -0.1) is 0 Å². The van der Waals surface area contributed by atoms with E-state index in [4.69, 9.17) is 18.9 Å². The largest absolute Gasteiger partial charge is 0.420 e. The summed E-state index contributed by atoms with van der Waals surface area (Å²) in [6.07, 6.45) is -3.33. The van der Waals surface area contributed by atoms with Crippen LogP contribution in [-0.2, 0) is 38.1 Å². The van der Waals surface area contributed by atoms with Crippen LogP contribution in [0.3, 0.4) is 0 Å². The first-order valence-corrected chi connectivity index (χ1v) is 20.3. The molecule has 1 N–H and O–H groups in total. The van der Waals surface area contributed by atoms with Gasteiger partial charge < -0.3 is 38.5 Å². The maximum atomic E-state index is 14.1. The van der Waals surface area contributed by atoms with Crippen molar-refractivity contribution >= 4 is 35.6 Å². The van der Waals surface area contributed by atoms with Crippen molar-refractivity contribution in [3.8, 4) is 17.2 Å². The molecule has 5 rings (SSSR count). The molecule has 15 nitrogen and oxygen atoms in total. The molecule has 0 fully saturated rings. The third-order valence-electron chi connectivity index (χ3n) is 9.56. The van der Waals surface area contributed by atoms with Crippen LogP contribution in [0, 0.1) is 69.8 Å². The van der Waals surface area contributed by atoms with E-state index in [1.165, 1.54) is 12.1 Å². The van der Waals surface area contributed by atoms with Crippen molar-refractivity contribution in [1.82, 2.24) is 10.2 Å². The summed E-state index contributed by atoms with van der Waals surface area (Å²) >= 11 is 0. The van der Waals surface area contributed by atoms with E-state index in [1.807, 2.05) is 0 Å². The first-order valence-electron chi connectivity index (χ1n) is 20.3. The average Bonchev–Trinajstić information content (AvgIpc) is 3.57. The molecule has 27 heteroatoms. The van der Waals surface area contributed by atoms with Crippen LogP contribution < -0.4 is 19.5 Å². The van der Waals surface area contributed by atoms with E-state index in [1.54, 1.807) is 12.1 Å². The lowest BCUT2D eigenvalue weighted by Crippen LogP contribution is -2.59. The summed E-state index contributed by atoms with van der Waals surface area (Å²) in [4.78, 5) is 77.0. The van der Waals surface area contributed by atoms with E-state index in [0.717, 1.165) is 4.90 Å². The van der Waals surface area contributed by atoms with Crippen molar-refractivity contribution in [1.29, 1.82) is 0 Å². The van der Waals surface area contributed by atoms with Crippen LogP contribution in [0.2, 0.25) is 0 Å². The van der Waals surface area contributed by atoms with Crippen LogP contribution in [0.15, 0.2) is 42.5 Å². The van der Waals surface area contributed by atoms with Crippen molar-refractivity contribution in [2.24, 2.45) is 0 Å². The normalized spacial score (nSPS) is 12.3. The topological polar surface area (TPSA) is 182 Å². The molecular formula is C44H34F12N2O13. The summed E-state index contributed by atoms with van der Waals surface area (Å²) in [5.41, 5.74) is -1.76. The first kappa shape index (κ1) is 54.8. The second-order valence-corrected chi connectivity index (χ2v) is 14.7. The predicted molar refractivity (Wildman–Crippen MR) is 210 cm³/mol. The highest BCUT2D eigenvalue weighted by molar-refractivity contribution is 6.21. The Labute approximate surface area is 391 Å². The number of imide groups is 1. The zero-order valence-corrected chi connectivity index (χ0v) is 36.0. The number of hydrogen-bond donors (Lipinski definition) is 1. The Hall–Kier alpha value is -7.10. The maximum absolute atomic E-state index is 14.1. The quantitative estimate of drug-likeness (QED) is 0.0197. The Morgan fingerprint density at radius 1 is 0.451 bits per heavy atom. The number of nitrogens with one attached hydrogen (secondary N) is 1. The molecule has 71 heavy (non-hydrogen) atoms. The van der Waals surface area contributed by atoms with Gasteiger partial charge in [-0.3, -0.25) is 33.7 Å². The number of amides is 3. The van der Waals surface area contributed by atoms with E-state index in [-0.39, 0.29) is 42.5 Å². The molecule has 1 aliphatic heterocycles.